The average Bonchev–Trinajstić information content (AvgIpc) is 3.12. The number of rotatable bonds is 8. The maximum absolute atomic E-state index is 12.7. The van der Waals surface area contributed by atoms with Crippen LogP contribution in [0.4, 0.5) is 5.00 Å². The van der Waals surface area contributed by atoms with Gasteiger partial charge in [-0.15, -0.1) is 11.3 Å². The molecule has 7 nitrogen and oxygen atoms in total. The van der Waals surface area contributed by atoms with Crippen LogP contribution < -0.4 is 15.4 Å². The highest BCUT2D eigenvalue weighted by Gasteiger charge is 2.26. The third-order valence-electron chi connectivity index (χ3n) is 4.47. The Balaban J connectivity index is 1.72. The number of thiophene rings is 1. The average molecular weight is 473 g/mol. The van der Waals surface area contributed by atoms with Crippen molar-refractivity contribution < 1.29 is 23.9 Å². The minimum Gasteiger partial charge on any atom is -0.484 e. The lowest BCUT2D eigenvalue weighted by Crippen LogP contribution is -2.22. The summed E-state index contributed by atoms with van der Waals surface area (Å²) >= 11 is 6.84. The van der Waals surface area contributed by atoms with Gasteiger partial charge in [0.15, 0.2) is 6.61 Å². The van der Waals surface area contributed by atoms with Gasteiger partial charge in [0.2, 0.25) is 0 Å². The molecule has 2 aromatic carbocycles. The Morgan fingerprint density at radius 2 is 1.72 bits per heavy atom. The van der Waals surface area contributed by atoms with Crippen LogP contribution in [0.25, 0.3) is 0 Å². The molecule has 32 heavy (non-hydrogen) atoms. The second-order valence-electron chi connectivity index (χ2n) is 6.71. The van der Waals surface area contributed by atoms with E-state index in [1.54, 1.807) is 31.2 Å². The first kappa shape index (κ1) is 23.3. The van der Waals surface area contributed by atoms with Crippen molar-refractivity contribution in [3.8, 4) is 5.75 Å². The Hall–Kier alpha value is -3.36. The number of hydrogen-bond acceptors (Lipinski definition) is 6. The Labute approximate surface area is 194 Å². The first-order valence-corrected chi connectivity index (χ1v) is 10.8. The largest absolute Gasteiger partial charge is 0.484 e. The highest BCUT2D eigenvalue weighted by Crippen LogP contribution is 2.33. The maximum atomic E-state index is 12.7. The minimum absolute atomic E-state index is 0.141. The maximum Gasteiger partial charge on any atom is 0.341 e. The van der Waals surface area contributed by atoms with Crippen LogP contribution in [0.2, 0.25) is 5.02 Å². The van der Waals surface area contributed by atoms with Crippen LogP contribution in [0.15, 0.2) is 54.6 Å². The summed E-state index contributed by atoms with van der Waals surface area (Å²) in [7, 11) is 1.24. The van der Waals surface area contributed by atoms with Gasteiger partial charge in [0.25, 0.3) is 11.8 Å². The van der Waals surface area contributed by atoms with Crippen molar-refractivity contribution in [3.05, 3.63) is 81.2 Å². The second kappa shape index (κ2) is 10.8. The zero-order chi connectivity index (χ0) is 23.1. The molecule has 0 bridgehead atoms. The lowest BCUT2D eigenvalue weighted by atomic mass is 10.1. The number of benzene rings is 2. The standard InChI is InChI=1S/C23H21ClN2O5S/c1-14-19(23(29)30-2)22(26-18(27)13-31-17-10-8-16(24)9-11-17)32-20(14)21(28)25-12-15-6-4-3-5-7-15/h3-11H,12-13H2,1-2H3,(H,25,28)(H,26,27). The van der Waals surface area contributed by atoms with Crippen LogP contribution in [0, 0.1) is 6.92 Å². The first-order valence-electron chi connectivity index (χ1n) is 9.61. The molecule has 1 aromatic heterocycles. The summed E-state index contributed by atoms with van der Waals surface area (Å²) in [6.07, 6.45) is 0. The van der Waals surface area contributed by atoms with E-state index < -0.39 is 11.9 Å². The summed E-state index contributed by atoms with van der Waals surface area (Å²) in [4.78, 5) is 37.8. The van der Waals surface area contributed by atoms with Gasteiger partial charge in [-0.3, -0.25) is 9.59 Å². The van der Waals surface area contributed by atoms with Gasteiger partial charge in [-0.05, 0) is 42.3 Å². The number of nitrogens with one attached hydrogen (secondary N) is 2. The molecular formula is C23H21ClN2O5S. The van der Waals surface area contributed by atoms with E-state index in [4.69, 9.17) is 21.1 Å². The molecular weight excluding hydrogens is 452 g/mol. The fourth-order valence-corrected chi connectivity index (χ4v) is 4.12. The quantitative estimate of drug-likeness (QED) is 0.472. The normalized spacial score (nSPS) is 10.3. The molecule has 0 saturated heterocycles. The summed E-state index contributed by atoms with van der Waals surface area (Å²) < 4.78 is 10.3. The van der Waals surface area contributed by atoms with E-state index in [-0.39, 0.29) is 23.1 Å². The van der Waals surface area contributed by atoms with Crippen LogP contribution in [0.3, 0.4) is 0 Å². The number of carbonyl (C=O) groups excluding carboxylic acids is 3. The zero-order valence-corrected chi connectivity index (χ0v) is 19.0. The van der Waals surface area contributed by atoms with Gasteiger partial charge in [0, 0.05) is 11.6 Å². The number of halogens is 1. The number of hydrogen-bond donors (Lipinski definition) is 2. The molecule has 0 saturated carbocycles. The van der Waals surface area contributed by atoms with Crippen LogP contribution in [-0.2, 0) is 16.1 Å². The Kier molecular flexibility index (Phi) is 7.86. The lowest BCUT2D eigenvalue weighted by Gasteiger charge is -2.08. The molecule has 0 atom stereocenters. The molecule has 2 amide bonds. The van der Waals surface area contributed by atoms with E-state index in [1.165, 1.54) is 7.11 Å². The Morgan fingerprint density at radius 3 is 2.38 bits per heavy atom. The Bertz CT molecular complexity index is 1110. The molecule has 3 rings (SSSR count). The smallest absolute Gasteiger partial charge is 0.341 e. The van der Waals surface area contributed by atoms with Crippen LogP contribution in [-0.4, -0.2) is 31.5 Å². The third kappa shape index (κ3) is 5.87. The minimum atomic E-state index is -0.644. The summed E-state index contributed by atoms with van der Waals surface area (Å²) in [5, 5.41) is 6.25. The summed E-state index contributed by atoms with van der Waals surface area (Å²) in [6, 6.07) is 16.0. The van der Waals surface area contributed by atoms with E-state index in [2.05, 4.69) is 10.6 Å². The van der Waals surface area contributed by atoms with E-state index >= 15 is 0 Å². The molecule has 0 unspecified atom stereocenters. The Morgan fingerprint density at radius 1 is 1.03 bits per heavy atom. The molecule has 0 aliphatic heterocycles. The number of methoxy groups -OCH3 is 1. The molecule has 0 radical (unpaired) electrons. The van der Waals surface area contributed by atoms with E-state index in [1.807, 2.05) is 30.3 Å². The molecule has 0 spiro atoms. The van der Waals surface area contributed by atoms with Gasteiger partial charge >= 0.3 is 5.97 Å². The predicted molar refractivity (Wildman–Crippen MR) is 124 cm³/mol. The van der Waals surface area contributed by atoms with Gasteiger partial charge < -0.3 is 20.1 Å². The van der Waals surface area contributed by atoms with Crippen LogP contribution in [0.1, 0.15) is 31.2 Å². The van der Waals surface area contributed by atoms with Crippen molar-refractivity contribution in [1.29, 1.82) is 0 Å². The van der Waals surface area contributed by atoms with Crippen molar-refractivity contribution in [2.24, 2.45) is 0 Å². The molecule has 0 aliphatic rings. The summed E-state index contributed by atoms with van der Waals surface area (Å²) in [5.74, 6) is -1.00. The molecule has 0 aliphatic carbocycles. The molecule has 3 aromatic rings. The molecule has 9 heteroatoms. The summed E-state index contributed by atoms with van der Waals surface area (Å²) in [6.45, 7) is 1.69. The number of anilines is 1. The van der Waals surface area contributed by atoms with Crippen molar-refractivity contribution in [2.75, 3.05) is 19.0 Å². The monoisotopic (exact) mass is 472 g/mol. The highest BCUT2D eigenvalue weighted by atomic mass is 35.5. The lowest BCUT2D eigenvalue weighted by molar-refractivity contribution is -0.118. The van der Waals surface area contributed by atoms with Crippen molar-refractivity contribution in [2.45, 2.75) is 13.5 Å². The predicted octanol–water partition coefficient (Wildman–Crippen LogP) is 4.44. The number of carbonyl (C=O) groups is 3. The van der Waals surface area contributed by atoms with Crippen LogP contribution >= 0.6 is 22.9 Å². The first-order chi connectivity index (χ1) is 15.4. The topological polar surface area (TPSA) is 93.7 Å². The molecule has 2 N–H and O–H groups in total. The molecule has 1 heterocycles. The molecule has 0 fully saturated rings. The number of amides is 2. The zero-order valence-electron chi connectivity index (χ0n) is 17.4. The van der Waals surface area contributed by atoms with Gasteiger partial charge in [0.05, 0.1) is 17.6 Å². The van der Waals surface area contributed by atoms with E-state index in [0.717, 1.165) is 16.9 Å². The van der Waals surface area contributed by atoms with Gasteiger partial charge in [-0.1, -0.05) is 41.9 Å². The fraction of sp³-hybridized carbons (Fsp3) is 0.174. The van der Waals surface area contributed by atoms with E-state index in [9.17, 15) is 14.4 Å². The van der Waals surface area contributed by atoms with Gasteiger partial charge in [-0.2, -0.15) is 0 Å². The number of ether oxygens (including phenoxy) is 2. The SMILES string of the molecule is COC(=O)c1c(NC(=O)COc2ccc(Cl)cc2)sc(C(=O)NCc2ccccc2)c1C. The van der Waals surface area contributed by atoms with Crippen molar-refractivity contribution in [3.63, 3.8) is 0 Å². The van der Waals surface area contributed by atoms with Gasteiger partial charge in [0.1, 0.15) is 10.8 Å². The van der Waals surface area contributed by atoms with Crippen LogP contribution in [0.5, 0.6) is 5.75 Å². The molecule has 166 valence electrons. The fourth-order valence-electron chi connectivity index (χ4n) is 2.87. The third-order valence-corrected chi connectivity index (χ3v) is 5.93. The van der Waals surface area contributed by atoms with Crippen molar-refractivity contribution >= 4 is 45.7 Å². The van der Waals surface area contributed by atoms with Crippen molar-refractivity contribution in [1.82, 2.24) is 5.32 Å². The van der Waals surface area contributed by atoms with Gasteiger partial charge in [-0.25, -0.2) is 4.79 Å². The summed E-state index contributed by atoms with van der Waals surface area (Å²) in [5.41, 5.74) is 1.51. The van der Waals surface area contributed by atoms with E-state index in [0.29, 0.717) is 27.8 Å². The second-order valence-corrected chi connectivity index (χ2v) is 8.17. The highest BCUT2D eigenvalue weighted by molar-refractivity contribution is 7.18. The number of esters is 1.